The molecule has 0 aliphatic rings. The Kier molecular flexibility index (Phi) is 5.63. The zero-order valence-electron chi connectivity index (χ0n) is 15.2. The number of halogens is 3. The molecule has 0 saturated carbocycles. The molecule has 0 saturated heterocycles. The number of anilines is 1. The van der Waals surface area contributed by atoms with E-state index in [2.05, 4.69) is 25.3 Å². The van der Waals surface area contributed by atoms with Gasteiger partial charge in [-0.2, -0.15) is 0 Å². The molecule has 0 spiro atoms. The zero-order valence-corrected chi connectivity index (χ0v) is 15.2. The van der Waals surface area contributed by atoms with E-state index in [4.69, 9.17) is 0 Å². The molecule has 2 aromatic carbocycles. The Bertz CT molecular complexity index is 1270. The number of aromatic nitrogens is 2. The highest BCUT2D eigenvalue weighted by Gasteiger charge is 2.31. The lowest BCUT2D eigenvalue weighted by Crippen LogP contribution is -2.31. The van der Waals surface area contributed by atoms with Crippen molar-refractivity contribution in [3.63, 3.8) is 0 Å². The summed E-state index contributed by atoms with van der Waals surface area (Å²) in [4.78, 5) is 50.0. The van der Waals surface area contributed by atoms with E-state index in [1.54, 1.807) is 0 Å². The number of nitrogens with one attached hydrogen (secondary N) is 4. The first-order chi connectivity index (χ1) is 14.5. The summed E-state index contributed by atoms with van der Waals surface area (Å²) in [5, 5.41) is 15.9. The molecule has 162 valence electrons. The van der Waals surface area contributed by atoms with Gasteiger partial charge in [-0.1, -0.05) is 0 Å². The van der Waals surface area contributed by atoms with Crippen LogP contribution in [0.5, 0.6) is 5.75 Å². The number of non-ortho nitro benzene ring substituents is 1. The van der Waals surface area contributed by atoms with Crippen molar-refractivity contribution in [1.29, 1.82) is 0 Å². The number of fused-ring (bicyclic) bond motifs is 1. The summed E-state index contributed by atoms with van der Waals surface area (Å²) in [5.41, 5.74) is -1.99. The van der Waals surface area contributed by atoms with Crippen LogP contribution in [0, 0.1) is 10.1 Å². The van der Waals surface area contributed by atoms with Crippen molar-refractivity contribution >= 4 is 28.4 Å². The van der Waals surface area contributed by atoms with Gasteiger partial charge < -0.3 is 25.3 Å². The number of nitro groups is 1. The number of carbonyl (C=O) groups is 1. The van der Waals surface area contributed by atoms with E-state index in [1.807, 2.05) is 0 Å². The molecular formula is C17H12F3N5O6. The van der Waals surface area contributed by atoms with Gasteiger partial charge in [0, 0.05) is 29.9 Å². The lowest BCUT2D eigenvalue weighted by Gasteiger charge is -2.11. The monoisotopic (exact) mass is 439 g/mol. The Balaban J connectivity index is 1.75. The molecule has 0 atom stereocenters. The van der Waals surface area contributed by atoms with E-state index in [0.29, 0.717) is 0 Å². The fourth-order valence-corrected chi connectivity index (χ4v) is 2.62. The van der Waals surface area contributed by atoms with E-state index in [-0.39, 0.29) is 34.5 Å². The molecule has 1 heterocycles. The Morgan fingerprint density at radius 3 is 2.35 bits per heavy atom. The molecule has 4 N–H and O–H groups in total. The predicted octanol–water partition coefficient (Wildman–Crippen LogP) is 2.34. The van der Waals surface area contributed by atoms with Gasteiger partial charge in [0.15, 0.2) is 0 Å². The number of amides is 2. The van der Waals surface area contributed by atoms with Crippen LogP contribution in [0.1, 0.15) is 5.56 Å². The predicted molar refractivity (Wildman–Crippen MR) is 101 cm³/mol. The highest BCUT2D eigenvalue weighted by molar-refractivity contribution is 5.89. The largest absolute Gasteiger partial charge is 0.573 e. The number of aromatic amines is 2. The van der Waals surface area contributed by atoms with Gasteiger partial charge in [-0.15, -0.1) is 13.2 Å². The van der Waals surface area contributed by atoms with Crippen molar-refractivity contribution < 1.29 is 27.6 Å². The smallest absolute Gasteiger partial charge is 0.406 e. The minimum absolute atomic E-state index is 0.00346. The number of nitro benzene ring substituents is 1. The van der Waals surface area contributed by atoms with Gasteiger partial charge >= 0.3 is 23.5 Å². The number of rotatable bonds is 5. The fraction of sp³-hybridized carbons (Fsp3) is 0.118. The van der Waals surface area contributed by atoms with Crippen LogP contribution in [0.2, 0.25) is 0 Å². The van der Waals surface area contributed by atoms with Gasteiger partial charge in [0.25, 0.3) is 5.69 Å². The molecule has 31 heavy (non-hydrogen) atoms. The number of carbonyl (C=O) groups excluding carboxylic acids is 1. The van der Waals surface area contributed by atoms with E-state index >= 15 is 0 Å². The van der Waals surface area contributed by atoms with Gasteiger partial charge in [-0.25, -0.2) is 4.79 Å². The summed E-state index contributed by atoms with van der Waals surface area (Å²) < 4.78 is 40.2. The first-order valence-electron chi connectivity index (χ1n) is 8.36. The first kappa shape index (κ1) is 21.4. The SMILES string of the molecule is O=C(NCc1cc([N+](=O)[O-])cc2[nH]c(=O)c(=O)[nH]c12)Nc1ccc(OC(F)(F)F)cc1. The molecule has 14 heteroatoms. The number of ether oxygens (including phenoxy) is 1. The van der Waals surface area contributed by atoms with Gasteiger partial charge in [-0.3, -0.25) is 19.7 Å². The zero-order chi connectivity index (χ0) is 22.8. The number of nitrogens with zero attached hydrogens (tertiary/aromatic N) is 1. The number of benzene rings is 2. The molecular weight excluding hydrogens is 427 g/mol. The summed E-state index contributed by atoms with van der Waals surface area (Å²) in [5.74, 6) is -0.473. The maximum absolute atomic E-state index is 12.2. The summed E-state index contributed by atoms with van der Waals surface area (Å²) in [6.45, 7) is -0.277. The van der Waals surface area contributed by atoms with Crippen LogP contribution in [-0.2, 0) is 6.54 Å². The molecule has 0 aliphatic heterocycles. The van der Waals surface area contributed by atoms with Crippen LogP contribution in [0.15, 0.2) is 46.0 Å². The van der Waals surface area contributed by atoms with Crippen LogP contribution in [-0.4, -0.2) is 27.3 Å². The lowest BCUT2D eigenvalue weighted by molar-refractivity contribution is -0.384. The maximum Gasteiger partial charge on any atom is 0.573 e. The second kappa shape index (κ2) is 8.17. The summed E-state index contributed by atoms with van der Waals surface area (Å²) in [6, 6.07) is 5.73. The third kappa shape index (κ3) is 5.37. The van der Waals surface area contributed by atoms with Gasteiger partial charge in [0.05, 0.1) is 16.0 Å². The van der Waals surface area contributed by atoms with Crippen LogP contribution >= 0.6 is 0 Å². The molecule has 2 amide bonds. The maximum atomic E-state index is 12.2. The van der Waals surface area contributed by atoms with E-state index in [9.17, 15) is 37.7 Å². The average molecular weight is 439 g/mol. The van der Waals surface area contributed by atoms with E-state index in [0.717, 1.165) is 24.3 Å². The average Bonchev–Trinajstić information content (AvgIpc) is 2.67. The Morgan fingerprint density at radius 1 is 1.10 bits per heavy atom. The van der Waals surface area contributed by atoms with Crippen LogP contribution in [0.3, 0.4) is 0 Å². The van der Waals surface area contributed by atoms with E-state index in [1.165, 1.54) is 12.1 Å². The van der Waals surface area contributed by atoms with Gasteiger partial charge in [0.2, 0.25) is 0 Å². The van der Waals surface area contributed by atoms with Crippen molar-refractivity contribution in [3.05, 3.63) is 72.8 Å². The molecule has 0 aliphatic carbocycles. The molecule has 0 bridgehead atoms. The number of hydrogen-bond acceptors (Lipinski definition) is 6. The summed E-state index contributed by atoms with van der Waals surface area (Å²) in [7, 11) is 0. The van der Waals surface area contributed by atoms with Crippen LogP contribution in [0.25, 0.3) is 11.0 Å². The minimum Gasteiger partial charge on any atom is -0.406 e. The van der Waals surface area contributed by atoms with Crippen molar-refractivity contribution in [2.75, 3.05) is 5.32 Å². The second-order valence-corrected chi connectivity index (χ2v) is 6.07. The molecule has 0 unspecified atom stereocenters. The standard InChI is InChI=1S/C17H12F3N5O6/c18-17(19,20)31-11-3-1-9(2-4-11)22-16(28)21-7-8-5-10(25(29)30)6-12-13(8)24-15(27)14(26)23-12/h1-6H,7H2,(H,23,26)(H,24,27)(H2,21,22,28). The summed E-state index contributed by atoms with van der Waals surface area (Å²) in [6.07, 6.45) is -4.85. The fourth-order valence-electron chi connectivity index (χ4n) is 2.62. The van der Waals surface area contributed by atoms with Crippen molar-refractivity contribution in [1.82, 2.24) is 15.3 Å². The van der Waals surface area contributed by atoms with Crippen molar-refractivity contribution in [2.45, 2.75) is 12.9 Å². The molecule has 0 radical (unpaired) electrons. The van der Waals surface area contributed by atoms with Crippen LogP contribution < -0.4 is 26.5 Å². The first-order valence-corrected chi connectivity index (χ1v) is 8.36. The highest BCUT2D eigenvalue weighted by atomic mass is 19.4. The number of hydrogen-bond donors (Lipinski definition) is 4. The molecule has 3 aromatic rings. The quantitative estimate of drug-likeness (QED) is 0.271. The van der Waals surface area contributed by atoms with Crippen molar-refractivity contribution in [3.8, 4) is 5.75 Å². The third-order valence-electron chi connectivity index (χ3n) is 3.89. The third-order valence-corrected chi connectivity index (χ3v) is 3.89. The Morgan fingerprint density at radius 2 is 1.74 bits per heavy atom. The normalized spacial score (nSPS) is 11.2. The number of H-pyrrole nitrogens is 2. The summed E-state index contributed by atoms with van der Waals surface area (Å²) >= 11 is 0. The molecule has 11 nitrogen and oxygen atoms in total. The number of alkyl halides is 3. The van der Waals surface area contributed by atoms with Crippen LogP contribution in [0.4, 0.5) is 29.3 Å². The topological polar surface area (TPSA) is 159 Å². The van der Waals surface area contributed by atoms with Gasteiger partial charge in [-0.05, 0) is 24.3 Å². The number of urea groups is 1. The van der Waals surface area contributed by atoms with E-state index < -0.39 is 34.2 Å². The Hall–Kier alpha value is -4.36. The highest BCUT2D eigenvalue weighted by Crippen LogP contribution is 2.24. The van der Waals surface area contributed by atoms with Crippen molar-refractivity contribution in [2.24, 2.45) is 0 Å². The molecule has 3 rings (SSSR count). The second-order valence-electron chi connectivity index (χ2n) is 6.07. The minimum atomic E-state index is -4.85. The lowest BCUT2D eigenvalue weighted by atomic mass is 10.1. The van der Waals surface area contributed by atoms with Gasteiger partial charge in [0.1, 0.15) is 5.75 Å². The Labute approximate surface area is 169 Å². The molecule has 1 aromatic heterocycles. The molecule has 0 fully saturated rings.